The maximum absolute atomic E-state index is 13.7. The molecule has 7 nitrogen and oxygen atoms in total. The summed E-state index contributed by atoms with van der Waals surface area (Å²) in [5.41, 5.74) is 0.574. The fourth-order valence-corrected chi connectivity index (χ4v) is 4.60. The Morgan fingerprint density at radius 2 is 1.88 bits per heavy atom. The van der Waals surface area contributed by atoms with Gasteiger partial charge in [-0.25, -0.2) is 0 Å². The summed E-state index contributed by atoms with van der Waals surface area (Å²) in [6, 6.07) is 6.76. The molecule has 1 aromatic rings. The van der Waals surface area contributed by atoms with Crippen molar-refractivity contribution in [2.45, 2.75) is 85.0 Å². The Labute approximate surface area is 197 Å². The van der Waals surface area contributed by atoms with Gasteiger partial charge in [0.2, 0.25) is 11.8 Å². The molecule has 2 aliphatic heterocycles. The van der Waals surface area contributed by atoms with Crippen LogP contribution in [0.15, 0.2) is 24.3 Å². The molecule has 3 amide bonds. The van der Waals surface area contributed by atoms with E-state index in [1.165, 1.54) is 0 Å². The number of likely N-dealkylation sites (tertiary alicyclic amines) is 1. The van der Waals surface area contributed by atoms with Crippen molar-refractivity contribution >= 4 is 17.7 Å². The number of rotatable bonds is 5. The monoisotopic (exact) mass is 457 g/mol. The number of ether oxygens (including phenoxy) is 1. The number of hydrogen-bond acceptors (Lipinski definition) is 4. The number of nitrogens with one attached hydrogen (secondary N) is 1. The van der Waals surface area contributed by atoms with Crippen LogP contribution in [-0.4, -0.2) is 65.0 Å². The van der Waals surface area contributed by atoms with Crippen molar-refractivity contribution in [2.24, 2.45) is 5.41 Å². The van der Waals surface area contributed by atoms with Gasteiger partial charge in [-0.15, -0.1) is 0 Å². The minimum Gasteiger partial charge on any atom is -0.353 e. The number of amides is 3. The predicted octanol–water partition coefficient (Wildman–Crippen LogP) is 3.51. The number of carbonyl (C=O) groups is 3. The van der Waals surface area contributed by atoms with Gasteiger partial charge in [-0.05, 0) is 37.8 Å². The van der Waals surface area contributed by atoms with Gasteiger partial charge in [0.25, 0.3) is 5.91 Å². The van der Waals surface area contributed by atoms with Crippen LogP contribution in [0, 0.1) is 12.3 Å². The van der Waals surface area contributed by atoms with Crippen molar-refractivity contribution in [3.8, 4) is 0 Å². The Kier molecular flexibility index (Phi) is 7.52. The first kappa shape index (κ1) is 25.2. The zero-order valence-electron chi connectivity index (χ0n) is 20.9. The standard InChI is InChI=1S/C26H39N3O4/c1-7-19(3)27-23(31)21-17-33-26(29(21)24(32)20-10-8-9-18(2)15-20)11-13-28(14-12-26)22(30)16-25(4,5)6/h8-10,15,19,21H,7,11-14,16-17H2,1-6H3,(H,27,31). The van der Waals surface area contributed by atoms with Gasteiger partial charge < -0.3 is 15.0 Å². The van der Waals surface area contributed by atoms with Crippen molar-refractivity contribution in [1.82, 2.24) is 15.1 Å². The van der Waals surface area contributed by atoms with E-state index in [-0.39, 0.29) is 35.8 Å². The molecule has 1 spiro atoms. The summed E-state index contributed by atoms with van der Waals surface area (Å²) in [5, 5.41) is 3.02. The third-order valence-electron chi connectivity index (χ3n) is 6.63. The van der Waals surface area contributed by atoms with E-state index in [0.29, 0.717) is 37.9 Å². The lowest BCUT2D eigenvalue weighted by Crippen LogP contribution is -2.60. The molecule has 3 rings (SSSR count). The lowest BCUT2D eigenvalue weighted by Gasteiger charge is -2.45. The largest absolute Gasteiger partial charge is 0.353 e. The molecule has 0 aliphatic carbocycles. The number of benzene rings is 1. The molecule has 2 fully saturated rings. The van der Waals surface area contributed by atoms with Crippen LogP contribution in [0.2, 0.25) is 0 Å². The highest BCUT2D eigenvalue weighted by Gasteiger charge is 2.54. The lowest BCUT2D eigenvalue weighted by atomic mass is 9.90. The van der Waals surface area contributed by atoms with Crippen LogP contribution in [0.1, 0.15) is 76.2 Å². The highest BCUT2D eigenvalue weighted by molar-refractivity contribution is 5.98. The first-order valence-corrected chi connectivity index (χ1v) is 12.1. The molecule has 1 aromatic carbocycles. The van der Waals surface area contributed by atoms with Crippen LogP contribution < -0.4 is 5.32 Å². The van der Waals surface area contributed by atoms with Crippen LogP contribution in [0.4, 0.5) is 0 Å². The van der Waals surface area contributed by atoms with Gasteiger partial charge in [0, 0.05) is 44.0 Å². The van der Waals surface area contributed by atoms with Crippen molar-refractivity contribution < 1.29 is 19.1 Å². The number of aryl methyl sites for hydroxylation is 1. The fraction of sp³-hybridized carbons (Fsp3) is 0.654. The maximum Gasteiger partial charge on any atom is 0.256 e. The average molecular weight is 458 g/mol. The first-order chi connectivity index (χ1) is 15.5. The molecule has 7 heteroatoms. The molecular formula is C26H39N3O4. The number of piperidine rings is 1. The second-order valence-corrected chi connectivity index (χ2v) is 10.8. The van der Waals surface area contributed by atoms with Crippen LogP contribution in [-0.2, 0) is 14.3 Å². The number of nitrogens with zero attached hydrogens (tertiary/aromatic N) is 2. The van der Waals surface area contributed by atoms with Gasteiger partial charge in [0.05, 0.1) is 6.61 Å². The zero-order valence-corrected chi connectivity index (χ0v) is 20.9. The summed E-state index contributed by atoms with van der Waals surface area (Å²) in [7, 11) is 0. The summed E-state index contributed by atoms with van der Waals surface area (Å²) in [4.78, 5) is 43.1. The fourth-order valence-electron chi connectivity index (χ4n) is 4.60. The normalized spacial score (nSPS) is 21.2. The van der Waals surface area contributed by atoms with Crippen LogP contribution >= 0.6 is 0 Å². The molecule has 0 aromatic heterocycles. The average Bonchev–Trinajstić information content (AvgIpc) is 3.11. The number of hydrogen-bond donors (Lipinski definition) is 1. The highest BCUT2D eigenvalue weighted by atomic mass is 16.5. The summed E-state index contributed by atoms with van der Waals surface area (Å²) in [5.74, 6) is -0.263. The van der Waals surface area contributed by atoms with Crippen LogP contribution in [0.3, 0.4) is 0 Å². The molecule has 0 bridgehead atoms. The summed E-state index contributed by atoms with van der Waals surface area (Å²) in [6.45, 7) is 13.2. The van der Waals surface area contributed by atoms with Gasteiger partial charge in [-0.2, -0.15) is 0 Å². The minimum absolute atomic E-state index is 0.0156. The SMILES string of the molecule is CCC(C)NC(=O)C1COC2(CCN(C(=O)CC(C)(C)C)CC2)N1C(=O)c1cccc(C)c1. The predicted molar refractivity (Wildman–Crippen MR) is 128 cm³/mol. The van der Waals surface area contributed by atoms with Gasteiger partial charge in [0.1, 0.15) is 11.8 Å². The van der Waals surface area contributed by atoms with Crippen molar-refractivity contribution in [3.63, 3.8) is 0 Å². The van der Waals surface area contributed by atoms with Crippen molar-refractivity contribution in [2.75, 3.05) is 19.7 Å². The van der Waals surface area contributed by atoms with Gasteiger partial charge in [-0.1, -0.05) is 45.4 Å². The molecule has 2 saturated heterocycles. The van der Waals surface area contributed by atoms with Gasteiger partial charge in [-0.3, -0.25) is 19.3 Å². The molecule has 0 radical (unpaired) electrons. The van der Waals surface area contributed by atoms with Crippen LogP contribution in [0.5, 0.6) is 0 Å². The summed E-state index contributed by atoms with van der Waals surface area (Å²) >= 11 is 0. The zero-order chi connectivity index (χ0) is 24.4. The lowest BCUT2D eigenvalue weighted by molar-refractivity contribution is -0.145. The minimum atomic E-state index is -0.878. The Hall–Kier alpha value is -2.41. The molecular weight excluding hydrogens is 418 g/mol. The van der Waals surface area contributed by atoms with E-state index in [0.717, 1.165) is 12.0 Å². The van der Waals surface area contributed by atoms with Gasteiger partial charge >= 0.3 is 0 Å². The molecule has 0 saturated carbocycles. The van der Waals surface area contributed by atoms with E-state index < -0.39 is 11.8 Å². The first-order valence-electron chi connectivity index (χ1n) is 12.1. The van der Waals surface area contributed by atoms with E-state index in [9.17, 15) is 14.4 Å². The quantitative estimate of drug-likeness (QED) is 0.734. The Balaban J connectivity index is 1.85. The highest BCUT2D eigenvalue weighted by Crippen LogP contribution is 2.39. The molecule has 182 valence electrons. The second-order valence-electron chi connectivity index (χ2n) is 10.8. The summed E-state index contributed by atoms with van der Waals surface area (Å²) in [6.07, 6.45) is 2.27. The molecule has 1 N–H and O–H groups in total. The van der Waals surface area contributed by atoms with E-state index in [4.69, 9.17) is 4.74 Å². The molecule has 2 heterocycles. The molecule has 33 heavy (non-hydrogen) atoms. The maximum atomic E-state index is 13.7. The second kappa shape index (κ2) is 9.84. The van der Waals surface area contributed by atoms with Gasteiger partial charge in [0.15, 0.2) is 0 Å². The summed E-state index contributed by atoms with van der Waals surface area (Å²) < 4.78 is 6.25. The Bertz CT molecular complexity index is 884. The Morgan fingerprint density at radius 3 is 2.45 bits per heavy atom. The molecule has 2 atom stereocenters. The smallest absolute Gasteiger partial charge is 0.256 e. The Morgan fingerprint density at radius 1 is 1.21 bits per heavy atom. The van der Waals surface area contributed by atoms with E-state index >= 15 is 0 Å². The third-order valence-corrected chi connectivity index (χ3v) is 6.63. The molecule has 2 unspecified atom stereocenters. The van der Waals surface area contributed by atoms with E-state index in [1.807, 2.05) is 43.9 Å². The van der Waals surface area contributed by atoms with Crippen molar-refractivity contribution in [3.05, 3.63) is 35.4 Å². The third kappa shape index (κ3) is 5.75. The van der Waals surface area contributed by atoms with E-state index in [2.05, 4.69) is 26.1 Å². The topological polar surface area (TPSA) is 79.0 Å². The number of carbonyl (C=O) groups excluding carboxylic acids is 3. The van der Waals surface area contributed by atoms with E-state index in [1.54, 1.807) is 11.0 Å². The van der Waals surface area contributed by atoms with Crippen molar-refractivity contribution in [1.29, 1.82) is 0 Å². The van der Waals surface area contributed by atoms with Crippen LogP contribution in [0.25, 0.3) is 0 Å². The molecule has 2 aliphatic rings.